The van der Waals surface area contributed by atoms with E-state index in [0.717, 1.165) is 12.8 Å². The maximum atomic E-state index is 12.0. The Morgan fingerprint density at radius 3 is 2.29 bits per heavy atom. The molecule has 1 aliphatic heterocycles. The van der Waals surface area contributed by atoms with Gasteiger partial charge < -0.3 is 10.4 Å². The summed E-state index contributed by atoms with van der Waals surface area (Å²) in [5.41, 5.74) is 2.10. The third-order valence-electron chi connectivity index (χ3n) is 4.66. The Morgan fingerprint density at radius 2 is 1.88 bits per heavy atom. The van der Waals surface area contributed by atoms with Crippen LogP contribution in [0.3, 0.4) is 0 Å². The first-order valence-corrected chi connectivity index (χ1v) is 8.10. The molecule has 9 heteroatoms. The van der Waals surface area contributed by atoms with Gasteiger partial charge in [0, 0.05) is 19.0 Å². The van der Waals surface area contributed by atoms with Gasteiger partial charge in [-0.3, -0.25) is 25.1 Å². The molecule has 0 radical (unpaired) electrons. The summed E-state index contributed by atoms with van der Waals surface area (Å²) in [5, 5.41) is 15.1. The molecule has 4 atom stereocenters. The van der Waals surface area contributed by atoms with Crippen LogP contribution in [0.2, 0.25) is 0 Å². The SMILES string of the molecule is CCC(CC)CC(NC(C)=O)C1N[C@H](C(=O)O)CC1C(=O)NN.Cl. The predicted molar refractivity (Wildman–Crippen MR) is 92.3 cm³/mol. The molecule has 0 aliphatic carbocycles. The van der Waals surface area contributed by atoms with Crippen LogP contribution in [-0.4, -0.2) is 41.0 Å². The molecule has 3 unspecified atom stereocenters. The Bertz CT molecular complexity index is 445. The zero-order valence-electron chi connectivity index (χ0n) is 14.4. The smallest absolute Gasteiger partial charge is 0.320 e. The van der Waals surface area contributed by atoms with Gasteiger partial charge in [-0.25, -0.2) is 5.84 Å². The summed E-state index contributed by atoms with van der Waals surface area (Å²) in [6.07, 6.45) is 2.75. The lowest BCUT2D eigenvalue weighted by atomic mass is 9.85. The van der Waals surface area contributed by atoms with E-state index < -0.39 is 29.9 Å². The Labute approximate surface area is 148 Å². The monoisotopic (exact) mass is 364 g/mol. The summed E-state index contributed by atoms with van der Waals surface area (Å²) in [4.78, 5) is 34.8. The van der Waals surface area contributed by atoms with Gasteiger partial charge in [0.2, 0.25) is 11.8 Å². The normalized spacial score (nSPS) is 24.1. The number of nitrogens with one attached hydrogen (secondary N) is 3. The lowest BCUT2D eigenvalue weighted by molar-refractivity contribution is -0.139. The molecule has 1 saturated heterocycles. The Morgan fingerprint density at radius 1 is 1.29 bits per heavy atom. The van der Waals surface area contributed by atoms with E-state index in [9.17, 15) is 19.5 Å². The summed E-state index contributed by atoms with van der Waals surface area (Å²) >= 11 is 0. The highest BCUT2D eigenvalue weighted by atomic mass is 35.5. The molecule has 1 fully saturated rings. The van der Waals surface area contributed by atoms with Crippen LogP contribution in [0.25, 0.3) is 0 Å². The standard InChI is InChI=1S/C15H28N4O4.ClH/c1-4-9(5-2)6-11(17-8(3)20)13-10(14(21)19-16)7-12(18-13)15(22)23;/h9-13,18H,4-7,16H2,1-3H3,(H,17,20)(H,19,21)(H,22,23);1H/t10?,11?,12-,13?;/m0./s1. The number of aliphatic carboxylic acids is 1. The number of nitrogens with two attached hydrogens (primary N) is 1. The number of hydrazine groups is 1. The average molecular weight is 365 g/mol. The van der Waals surface area contributed by atoms with Crippen LogP contribution in [0, 0.1) is 11.8 Å². The van der Waals surface area contributed by atoms with Crippen molar-refractivity contribution in [2.75, 3.05) is 0 Å². The largest absolute Gasteiger partial charge is 0.480 e. The molecular formula is C15H29ClN4O4. The van der Waals surface area contributed by atoms with Gasteiger partial charge in [-0.05, 0) is 18.8 Å². The second kappa shape index (κ2) is 10.5. The molecule has 0 saturated carbocycles. The second-order valence-corrected chi connectivity index (χ2v) is 6.16. The first kappa shape index (κ1) is 22.6. The van der Waals surface area contributed by atoms with Gasteiger partial charge in [0.15, 0.2) is 0 Å². The fourth-order valence-corrected chi connectivity index (χ4v) is 3.30. The quantitative estimate of drug-likeness (QED) is 0.237. The number of carboxylic acid groups (broad SMARTS) is 1. The van der Waals surface area contributed by atoms with Crippen molar-refractivity contribution in [3.8, 4) is 0 Å². The molecule has 1 heterocycles. The highest BCUT2D eigenvalue weighted by Gasteiger charge is 2.45. The molecule has 2 amide bonds. The van der Waals surface area contributed by atoms with Crippen LogP contribution in [0.1, 0.15) is 46.5 Å². The van der Waals surface area contributed by atoms with E-state index in [1.54, 1.807) is 0 Å². The highest BCUT2D eigenvalue weighted by molar-refractivity contribution is 5.85. The molecule has 140 valence electrons. The summed E-state index contributed by atoms with van der Waals surface area (Å²) in [5.74, 6) is 3.41. The fraction of sp³-hybridized carbons (Fsp3) is 0.800. The van der Waals surface area contributed by atoms with Gasteiger partial charge in [0.05, 0.1) is 5.92 Å². The summed E-state index contributed by atoms with van der Waals surface area (Å²) in [6.45, 7) is 5.57. The van der Waals surface area contributed by atoms with Crippen LogP contribution in [-0.2, 0) is 14.4 Å². The van der Waals surface area contributed by atoms with Crippen molar-refractivity contribution in [3.05, 3.63) is 0 Å². The van der Waals surface area contributed by atoms with Crippen molar-refractivity contribution in [3.63, 3.8) is 0 Å². The molecule has 0 aromatic heterocycles. The minimum absolute atomic E-state index is 0. The molecule has 1 aliphatic rings. The lowest BCUT2D eigenvalue weighted by Crippen LogP contribution is -2.54. The Kier molecular flexibility index (Phi) is 9.88. The summed E-state index contributed by atoms with van der Waals surface area (Å²) in [6, 6.07) is -1.59. The van der Waals surface area contributed by atoms with Crippen LogP contribution >= 0.6 is 12.4 Å². The van der Waals surface area contributed by atoms with Crippen LogP contribution in [0.4, 0.5) is 0 Å². The number of hydrogen-bond acceptors (Lipinski definition) is 5. The van der Waals surface area contributed by atoms with Crippen LogP contribution in [0.15, 0.2) is 0 Å². The van der Waals surface area contributed by atoms with Gasteiger partial charge in [-0.15, -0.1) is 12.4 Å². The average Bonchev–Trinajstić information content (AvgIpc) is 2.95. The van der Waals surface area contributed by atoms with Crippen molar-refractivity contribution in [1.29, 1.82) is 0 Å². The van der Waals surface area contributed by atoms with Gasteiger partial charge >= 0.3 is 5.97 Å². The third kappa shape index (κ3) is 5.92. The molecule has 0 aromatic carbocycles. The molecule has 24 heavy (non-hydrogen) atoms. The van der Waals surface area contributed by atoms with E-state index in [4.69, 9.17) is 5.84 Å². The zero-order valence-corrected chi connectivity index (χ0v) is 15.2. The minimum Gasteiger partial charge on any atom is -0.480 e. The van der Waals surface area contributed by atoms with Crippen molar-refractivity contribution < 1.29 is 19.5 Å². The van der Waals surface area contributed by atoms with E-state index >= 15 is 0 Å². The Balaban J connectivity index is 0.00000529. The molecule has 0 aromatic rings. The highest BCUT2D eigenvalue weighted by Crippen LogP contribution is 2.27. The van der Waals surface area contributed by atoms with E-state index in [-0.39, 0.29) is 30.8 Å². The van der Waals surface area contributed by atoms with Gasteiger partial charge in [-0.2, -0.15) is 0 Å². The number of rotatable bonds is 8. The van der Waals surface area contributed by atoms with E-state index in [2.05, 4.69) is 29.9 Å². The number of halogens is 1. The fourth-order valence-electron chi connectivity index (χ4n) is 3.30. The summed E-state index contributed by atoms with van der Waals surface area (Å²) in [7, 11) is 0. The number of hydrogen-bond donors (Lipinski definition) is 5. The third-order valence-corrected chi connectivity index (χ3v) is 4.66. The van der Waals surface area contributed by atoms with Gasteiger partial charge in [-0.1, -0.05) is 26.7 Å². The predicted octanol–water partition coefficient (Wildman–Crippen LogP) is 0.160. The van der Waals surface area contributed by atoms with Gasteiger partial charge in [0.25, 0.3) is 0 Å². The first-order chi connectivity index (χ1) is 10.8. The number of carboxylic acids is 1. The van der Waals surface area contributed by atoms with Crippen LogP contribution < -0.4 is 21.9 Å². The first-order valence-electron chi connectivity index (χ1n) is 8.10. The topological polar surface area (TPSA) is 134 Å². The van der Waals surface area contributed by atoms with Crippen molar-refractivity contribution in [1.82, 2.24) is 16.1 Å². The molecule has 8 nitrogen and oxygen atoms in total. The second-order valence-electron chi connectivity index (χ2n) is 6.16. The molecule has 1 rings (SSSR count). The molecular weight excluding hydrogens is 336 g/mol. The maximum absolute atomic E-state index is 12.0. The molecule has 0 bridgehead atoms. The molecule has 6 N–H and O–H groups in total. The van der Waals surface area contributed by atoms with E-state index in [1.807, 2.05) is 0 Å². The maximum Gasteiger partial charge on any atom is 0.320 e. The van der Waals surface area contributed by atoms with E-state index in [0.29, 0.717) is 12.3 Å². The van der Waals surface area contributed by atoms with Crippen LogP contribution in [0.5, 0.6) is 0 Å². The van der Waals surface area contributed by atoms with Crippen molar-refractivity contribution in [2.45, 2.75) is 64.6 Å². The Hall–Kier alpha value is -1.38. The van der Waals surface area contributed by atoms with Crippen molar-refractivity contribution in [2.24, 2.45) is 17.7 Å². The number of amides is 2. The van der Waals surface area contributed by atoms with Crippen molar-refractivity contribution >= 4 is 30.2 Å². The number of carbonyl (C=O) groups excluding carboxylic acids is 2. The summed E-state index contributed by atoms with van der Waals surface area (Å²) < 4.78 is 0. The number of carbonyl (C=O) groups is 3. The zero-order chi connectivity index (χ0) is 17.6. The van der Waals surface area contributed by atoms with E-state index in [1.165, 1.54) is 6.92 Å². The minimum atomic E-state index is -1.01. The lowest BCUT2D eigenvalue weighted by Gasteiger charge is -2.31. The van der Waals surface area contributed by atoms with Gasteiger partial charge in [0.1, 0.15) is 6.04 Å². The molecule has 0 spiro atoms.